The summed E-state index contributed by atoms with van der Waals surface area (Å²) < 4.78 is 2.76. The van der Waals surface area contributed by atoms with Crippen molar-refractivity contribution < 1.29 is 9.90 Å². The third-order valence-electron chi connectivity index (χ3n) is 6.63. The van der Waals surface area contributed by atoms with E-state index in [9.17, 15) is 9.90 Å². The van der Waals surface area contributed by atoms with E-state index in [4.69, 9.17) is 5.10 Å². The molecule has 0 saturated carbocycles. The Morgan fingerprint density at radius 3 is 2.65 bits per heavy atom. The quantitative estimate of drug-likeness (QED) is 0.238. The molecular weight excluding hydrogens is 528 g/mol. The van der Waals surface area contributed by atoms with Gasteiger partial charge in [0.1, 0.15) is 5.69 Å². The molecule has 4 aromatic rings. The number of carboxylic acid groups (broad SMARTS) is 1. The van der Waals surface area contributed by atoms with E-state index in [1.165, 1.54) is 5.56 Å². The largest absolute Gasteiger partial charge is 0.477 e. The SMILES string of the molecule is O=C(O)c1c2c(nn1CCCNCCc1ccc(Br)cc1)-c1cc(C=Cc3ccccc3)ncc1CC2. The number of carbonyl (C=O) groups is 1. The molecule has 0 atom stereocenters. The first-order valence-electron chi connectivity index (χ1n) is 12.6. The topological polar surface area (TPSA) is 80.0 Å². The van der Waals surface area contributed by atoms with Crippen molar-refractivity contribution in [3.63, 3.8) is 0 Å². The minimum absolute atomic E-state index is 0.314. The first kappa shape index (κ1) is 25.1. The third kappa shape index (κ3) is 6.06. The monoisotopic (exact) mass is 556 g/mol. The van der Waals surface area contributed by atoms with Gasteiger partial charge in [0.2, 0.25) is 0 Å². The van der Waals surface area contributed by atoms with Crippen LogP contribution in [0.1, 0.15) is 44.9 Å². The highest BCUT2D eigenvalue weighted by atomic mass is 79.9. The number of aryl methyl sites for hydroxylation is 2. The first-order chi connectivity index (χ1) is 18.1. The molecule has 0 bridgehead atoms. The molecule has 37 heavy (non-hydrogen) atoms. The zero-order chi connectivity index (χ0) is 25.6. The smallest absolute Gasteiger partial charge is 0.354 e. The molecule has 0 spiro atoms. The van der Waals surface area contributed by atoms with Crippen LogP contribution in [-0.2, 0) is 25.8 Å². The Bertz CT molecular complexity index is 1410. The molecule has 188 valence electrons. The molecule has 0 radical (unpaired) electrons. The third-order valence-corrected chi connectivity index (χ3v) is 7.16. The van der Waals surface area contributed by atoms with Crippen LogP contribution in [0.4, 0.5) is 0 Å². The maximum Gasteiger partial charge on any atom is 0.354 e. The number of nitrogens with one attached hydrogen (secondary N) is 1. The number of rotatable bonds is 10. The number of benzene rings is 2. The fourth-order valence-electron chi connectivity index (χ4n) is 4.73. The summed E-state index contributed by atoms with van der Waals surface area (Å²) in [5.41, 5.74) is 7.23. The molecule has 0 unspecified atom stereocenters. The second-order valence-corrected chi connectivity index (χ2v) is 10.1. The van der Waals surface area contributed by atoms with E-state index >= 15 is 0 Å². The van der Waals surface area contributed by atoms with Crippen LogP contribution < -0.4 is 5.32 Å². The highest BCUT2D eigenvalue weighted by Crippen LogP contribution is 2.35. The van der Waals surface area contributed by atoms with Crippen LogP contribution in [0.3, 0.4) is 0 Å². The number of aromatic carboxylic acids is 1. The molecule has 2 heterocycles. The molecule has 0 fully saturated rings. The van der Waals surface area contributed by atoms with Crippen LogP contribution in [0.25, 0.3) is 23.4 Å². The second kappa shape index (κ2) is 11.7. The molecule has 0 amide bonds. The molecule has 5 rings (SSSR count). The van der Waals surface area contributed by atoms with Crippen LogP contribution in [-0.4, -0.2) is 38.9 Å². The summed E-state index contributed by atoms with van der Waals surface area (Å²) in [6.45, 7) is 2.23. The zero-order valence-corrected chi connectivity index (χ0v) is 22.1. The van der Waals surface area contributed by atoms with Gasteiger partial charge in [0.25, 0.3) is 0 Å². The van der Waals surface area contributed by atoms with Gasteiger partial charge in [-0.2, -0.15) is 5.10 Å². The molecule has 1 aliphatic rings. The number of pyridine rings is 1. The van der Waals surface area contributed by atoms with Crippen LogP contribution in [0, 0.1) is 0 Å². The highest BCUT2D eigenvalue weighted by Gasteiger charge is 2.28. The summed E-state index contributed by atoms with van der Waals surface area (Å²) in [4.78, 5) is 16.8. The van der Waals surface area contributed by atoms with Crippen molar-refractivity contribution in [2.45, 2.75) is 32.2 Å². The summed E-state index contributed by atoms with van der Waals surface area (Å²) in [6.07, 6.45) is 9.10. The number of nitrogens with zero attached hydrogens (tertiary/aromatic N) is 3. The first-order valence-corrected chi connectivity index (χ1v) is 13.4. The fourth-order valence-corrected chi connectivity index (χ4v) is 5.00. The van der Waals surface area contributed by atoms with Crippen molar-refractivity contribution in [2.24, 2.45) is 0 Å². The predicted octanol–water partition coefficient (Wildman–Crippen LogP) is 5.90. The zero-order valence-electron chi connectivity index (χ0n) is 20.5. The Kier molecular flexibility index (Phi) is 7.92. The van der Waals surface area contributed by atoms with Gasteiger partial charge in [-0.3, -0.25) is 9.67 Å². The summed E-state index contributed by atoms with van der Waals surface area (Å²) in [6, 6.07) is 20.5. The van der Waals surface area contributed by atoms with Crippen LogP contribution in [0.2, 0.25) is 0 Å². The fraction of sp³-hybridized carbons (Fsp3) is 0.233. The normalized spacial score (nSPS) is 12.5. The average molecular weight is 557 g/mol. The molecule has 2 aromatic heterocycles. The van der Waals surface area contributed by atoms with Crippen molar-refractivity contribution in [2.75, 3.05) is 13.1 Å². The van der Waals surface area contributed by atoms with Gasteiger partial charge in [0.05, 0.1) is 11.4 Å². The standard InChI is InChI=1S/C30H29BrN4O2/c31-24-11-7-22(8-12-24)15-17-32-16-4-18-35-29(30(36)37)26-14-10-23-20-33-25(19-27(23)28(26)34-35)13-9-21-5-2-1-3-6-21/h1-3,5-9,11-13,19-20,32H,4,10,14-18H2,(H,36,37). The summed E-state index contributed by atoms with van der Waals surface area (Å²) >= 11 is 3.46. The Morgan fingerprint density at radius 2 is 1.86 bits per heavy atom. The lowest BCUT2D eigenvalue weighted by Gasteiger charge is -2.15. The number of hydrogen-bond donors (Lipinski definition) is 2. The lowest BCUT2D eigenvalue weighted by Crippen LogP contribution is -2.21. The van der Waals surface area contributed by atoms with Crippen LogP contribution >= 0.6 is 15.9 Å². The average Bonchev–Trinajstić information content (AvgIpc) is 3.30. The molecule has 0 aliphatic heterocycles. The Hall–Kier alpha value is -3.55. The number of hydrogen-bond acceptors (Lipinski definition) is 4. The van der Waals surface area contributed by atoms with Crippen molar-refractivity contribution >= 4 is 34.1 Å². The van der Waals surface area contributed by atoms with Crippen molar-refractivity contribution in [3.05, 3.63) is 105 Å². The van der Waals surface area contributed by atoms with E-state index in [-0.39, 0.29) is 0 Å². The maximum atomic E-state index is 12.2. The minimum Gasteiger partial charge on any atom is -0.477 e. The lowest BCUT2D eigenvalue weighted by atomic mass is 9.89. The van der Waals surface area contributed by atoms with Crippen LogP contribution in [0.5, 0.6) is 0 Å². The van der Waals surface area contributed by atoms with Crippen molar-refractivity contribution in [3.8, 4) is 11.3 Å². The van der Waals surface area contributed by atoms with E-state index in [0.717, 1.165) is 70.5 Å². The van der Waals surface area contributed by atoms with Gasteiger partial charge in [-0.1, -0.05) is 64.5 Å². The van der Waals surface area contributed by atoms with Crippen molar-refractivity contribution in [1.29, 1.82) is 0 Å². The lowest BCUT2D eigenvalue weighted by molar-refractivity contribution is 0.0681. The van der Waals surface area contributed by atoms with E-state index in [1.54, 1.807) is 4.68 Å². The second-order valence-electron chi connectivity index (χ2n) is 9.19. The Balaban J connectivity index is 1.27. The Morgan fingerprint density at radius 1 is 1.05 bits per heavy atom. The van der Waals surface area contributed by atoms with Gasteiger partial charge >= 0.3 is 5.97 Å². The molecule has 0 saturated heterocycles. The Labute approximate surface area is 225 Å². The molecule has 6 nitrogen and oxygen atoms in total. The number of carboxylic acids is 1. The molecule has 7 heteroatoms. The van der Waals surface area contributed by atoms with Crippen molar-refractivity contribution in [1.82, 2.24) is 20.1 Å². The highest BCUT2D eigenvalue weighted by molar-refractivity contribution is 9.10. The molecule has 1 aliphatic carbocycles. The number of aromatic nitrogens is 3. The van der Waals surface area contributed by atoms with Gasteiger partial charge in [0.15, 0.2) is 0 Å². The van der Waals surface area contributed by atoms with E-state index in [2.05, 4.69) is 50.5 Å². The van der Waals surface area contributed by atoms with Gasteiger partial charge in [0, 0.05) is 28.3 Å². The molecule has 2 N–H and O–H groups in total. The van der Waals surface area contributed by atoms with Gasteiger partial charge in [-0.15, -0.1) is 0 Å². The molecule has 2 aromatic carbocycles. The summed E-state index contributed by atoms with van der Waals surface area (Å²) in [5.74, 6) is -0.918. The number of halogens is 1. The molecular formula is C30H29BrN4O2. The van der Waals surface area contributed by atoms with Crippen LogP contribution in [0.15, 0.2) is 71.3 Å². The maximum absolute atomic E-state index is 12.2. The van der Waals surface area contributed by atoms with Gasteiger partial charge in [-0.05, 0) is 79.7 Å². The minimum atomic E-state index is -0.918. The summed E-state index contributed by atoms with van der Waals surface area (Å²) in [7, 11) is 0. The van der Waals surface area contributed by atoms with E-state index < -0.39 is 5.97 Å². The van der Waals surface area contributed by atoms with Gasteiger partial charge < -0.3 is 10.4 Å². The van der Waals surface area contributed by atoms with E-state index in [0.29, 0.717) is 18.7 Å². The van der Waals surface area contributed by atoms with E-state index in [1.807, 2.05) is 54.7 Å². The summed E-state index contributed by atoms with van der Waals surface area (Å²) in [5, 5.41) is 18.3. The van der Waals surface area contributed by atoms with Gasteiger partial charge in [-0.25, -0.2) is 4.79 Å². The predicted molar refractivity (Wildman–Crippen MR) is 151 cm³/mol. The number of fused-ring (bicyclic) bond motifs is 3.